The number of ether oxygens (including phenoxy) is 2. The summed E-state index contributed by atoms with van der Waals surface area (Å²) in [6.07, 6.45) is -22.6. The van der Waals surface area contributed by atoms with Gasteiger partial charge in [-0.15, -0.1) is 0 Å². The van der Waals surface area contributed by atoms with Crippen molar-refractivity contribution in [2.24, 2.45) is 0 Å². The second-order valence-corrected chi connectivity index (χ2v) is 8.42. The smallest absolute Gasteiger partial charge is 0.344 e. The van der Waals surface area contributed by atoms with Crippen LogP contribution in [0.2, 0.25) is 0 Å². The van der Waals surface area contributed by atoms with Crippen molar-refractivity contribution in [1.82, 2.24) is 0 Å². The van der Waals surface area contributed by atoms with Gasteiger partial charge < -0.3 is 86.1 Å². The third kappa shape index (κ3) is 5.94. The Labute approximate surface area is 202 Å². The van der Waals surface area contributed by atoms with Crippen molar-refractivity contribution in [3.63, 3.8) is 0 Å². The van der Waals surface area contributed by atoms with E-state index in [0.717, 1.165) is 0 Å². The Bertz CT molecular complexity index is 696. The molecule has 214 valence electrons. The third-order valence-electron chi connectivity index (χ3n) is 6.00. The van der Waals surface area contributed by atoms with Crippen LogP contribution in [0.25, 0.3) is 0 Å². The number of aliphatic hydroxyl groups excluding tert-OH is 12. The zero-order valence-electron chi connectivity index (χ0n) is 18.8. The van der Waals surface area contributed by atoms with Crippen molar-refractivity contribution in [3.05, 3.63) is 0 Å². The molecule has 18 heteroatoms. The van der Waals surface area contributed by atoms with Crippen LogP contribution in [0.15, 0.2) is 0 Å². The van der Waals surface area contributed by atoms with Gasteiger partial charge in [0.2, 0.25) is 11.4 Å². The van der Waals surface area contributed by atoms with Crippen molar-refractivity contribution >= 4 is 5.97 Å². The summed E-state index contributed by atoms with van der Waals surface area (Å²) in [4.78, 5) is 11.5. The van der Waals surface area contributed by atoms with Crippen LogP contribution >= 0.6 is 0 Å². The quantitative estimate of drug-likeness (QED) is 0.143. The van der Waals surface area contributed by atoms with Gasteiger partial charge in [0.05, 0.1) is 19.3 Å². The maximum atomic E-state index is 11.5. The lowest BCUT2D eigenvalue weighted by atomic mass is 9.76. The van der Waals surface area contributed by atoms with E-state index in [1.54, 1.807) is 0 Å². The Hall–Kier alpha value is -1.17. The molecule has 0 radical (unpaired) electrons. The number of aliphatic hydroxyl groups is 14. The average Bonchev–Trinajstić information content (AvgIpc) is 2.85. The molecular formula is C18H34O18. The molecular weight excluding hydrogens is 504 g/mol. The zero-order valence-corrected chi connectivity index (χ0v) is 18.8. The van der Waals surface area contributed by atoms with E-state index in [1.807, 2.05) is 0 Å². The first-order chi connectivity index (χ1) is 16.4. The van der Waals surface area contributed by atoms with Crippen LogP contribution in [0.4, 0.5) is 0 Å². The molecule has 0 aromatic rings. The lowest BCUT2D eigenvalue weighted by Crippen LogP contribution is -2.79. The summed E-state index contributed by atoms with van der Waals surface area (Å²) in [5.41, 5.74) is -3.96. The van der Waals surface area contributed by atoms with Crippen LogP contribution in [0, 0.1) is 0 Å². The monoisotopic (exact) mass is 538 g/mol. The van der Waals surface area contributed by atoms with E-state index in [-0.39, 0.29) is 0 Å². The Balaban J connectivity index is 0.000000488. The maximum absolute atomic E-state index is 11.5. The van der Waals surface area contributed by atoms with Gasteiger partial charge in [0.15, 0.2) is 6.29 Å². The predicted octanol–water partition coefficient (Wildman–Crippen LogP) is -9.15. The molecule has 0 aromatic carbocycles. The van der Waals surface area contributed by atoms with Gasteiger partial charge in [-0.25, -0.2) is 4.79 Å². The Morgan fingerprint density at radius 2 is 1.44 bits per heavy atom. The summed E-state index contributed by atoms with van der Waals surface area (Å²) < 4.78 is 9.31. The number of carboxylic acid groups (broad SMARTS) is 1. The maximum Gasteiger partial charge on any atom is 0.344 e. The number of rotatable bonds is 7. The lowest BCUT2D eigenvalue weighted by molar-refractivity contribution is -0.408. The topological polar surface area (TPSA) is 339 Å². The van der Waals surface area contributed by atoms with Crippen molar-refractivity contribution in [1.29, 1.82) is 0 Å². The second kappa shape index (κ2) is 12.6. The standard InChI is InChI=1S/C12H22O13.C6H12O5/c13-1-3(15)5(16)8(19)11(23,10(21)22)12(24)9(20)7(18)6(17)4(2-14)25-12;1-2-3(7)4(8)5(9)6(10)11-2/h3-9,13-20,23-24H,1-2H2,(H,21,22);2-10H,1H3/t3?,4-,5?,6-,7+,8?,9-,11?,12?;2-,3-,4+,5+,6?/m10/s1. The van der Waals surface area contributed by atoms with Gasteiger partial charge in [0, 0.05) is 0 Å². The van der Waals surface area contributed by atoms with E-state index in [2.05, 4.69) is 9.47 Å². The molecule has 2 aliphatic rings. The lowest BCUT2D eigenvalue weighted by Gasteiger charge is -2.52. The van der Waals surface area contributed by atoms with Gasteiger partial charge in [-0.1, -0.05) is 0 Å². The van der Waals surface area contributed by atoms with E-state index in [1.165, 1.54) is 6.92 Å². The van der Waals surface area contributed by atoms with E-state index < -0.39 is 104 Å². The molecule has 0 amide bonds. The summed E-state index contributed by atoms with van der Waals surface area (Å²) in [5.74, 6) is -6.19. The van der Waals surface area contributed by atoms with Gasteiger partial charge in [0.1, 0.15) is 61.0 Å². The minimum Gasteiger partial charge on any atom is -0.479 e. The minimum atomic E-state index is -3.96. The van der Waals surface area contributed by atoms with E-state index in [4.69, 9.17) is 30.6 Å². The highest BCUT2D eigenvalue weighted by atomic mass is 16.7. The molecule has 0 spiro atoms. The van der Waals surface area contributed by atoms with Crippen LogP contribution in [0.3, 0.4) is 0 Å². The molecule has 2 aliphatic heterocycles. The van der Waals surface area contributed by atoms with Crippen molar-refractivity contribution in [2.75, 3.05) is 13.2 Å². The molecule has 0 saturated carbocycles. The van der Waals surface area contributed by atoms with E-state index in [0.29, 0.717) is 0 Å². The Morgan fingerprint density at radius 1 is 0.917 bits per heavy atom. The van der Waals surface area contributed by atoms with E-state index >= 15 is 0 Å². The molecule has 6 unspecified atom stereocenters. The second-order valence-electron chi connectivity index (χ2n) is 8.42. The largest absolute Gasteiger partial charge is 0.479 e. The Morgan fingerprint density at radius 3 is 1.89 bits per heavy atom. The van der Waals surface area contributed by atoms with Gasteiger partial charge >= 0.3 is 5.97 Å². The average molecular weight is 538 g/mol. The summed E-state index contributed by atoms with van der Waals surface area (Å²) >= 11 is 0. The Kier molecular flexibility index (Phi) is 11.5. The van der Waals surface area contributed by atoms with Gasteiger partial charge in [-0.3, -0.25) is 0 Å². The molecule has 14 atom stereocenters. The minimum absolute atomic E-state index is 0.664. The van der Waals surface area contributed by atoms with Crippen molar-refractivity contribution in [2.45, 2.75) is 91.7 Å². The predicted molar refractivity (Wildman–Crippen MR) is 107 cm³/mol. The highest BCUT2D eigenvalue weighted by Gasteiger charge is 2.71. The van der Waals surface area contributed by atoms with Crippen LogP contribution in [-0.2, 0) is 14.3 Å². The number of hydrogen-bond donors (Lipinski definition) is 15. The zero-order chi connectivity index (χ0) is 28.3. The first-order valence-corrected chi connectivity index (χ1v) is 10.5. The van der Waals surface area contributed by atoms with Crippen LogP contribution < -0.4 is 0 Å². The highest BCUT2D eigenvalue weighted by molar-refractivity contribution is 5.80. The fourth-order valence-corrected chi connectivity index (χ4v) is 3.56. The normalized spacial score (nSPS) is 43.4. The summed E-state index contributed by atoms with van der Waals surface area (Å²) in [6.45, 7) is -0.764. The fourth-order valence-electron chi connectivity index (χ4n) is 3.56. The SMILES string of the molecule is C[C@@H]1OC(O)[C@H](O)[C@H](O)[C@H]1O.O=C(O)C(O)(C(O)C(O)C(O)CO)C1(O)O[C@H](CO)[C@@H](O)[C@H](O)[C@H]1O. The molecule has 0 bridgehead atoms. The summed E-state index contributed by atoms with van der Waals surface area (Å²) in [7, 11) is 0. The van der Waals surface area contributed by atoms with Crippen molar-refractivity contribution < 1.29 is 90.9 Å². The molecule has 2 saturated heterocycles. The number of aliphatic carboxylic acids is 1. The molecule has 2 fully saturated rings. The number of hydrogen-bond acceptors (Lipinski definition) is 17. The number of carboxylic acids is 1. The molecule has 15 N–H and O–H groups in total. The van der Waals surface area contributed by atoms with Crippen LogP contribution in [-0.4, -0.2) is 181 Å². The van der Waals surface area contributed by atoms with E-state index in [9.17, 15) is 50.8 Å². The highest BCUT2D eigenvalue weighted by Crippen LogP contribution is 2.39. The first kappa shape index (κ1) is 32.9. The molecule has 18 nitrogen and oxygen atoms in total. The van der Waals surface area contributed by atoms with Gasteiger partial charge in [-0.2, -0.15) is 0 Å². The van der Waals surface area contributed by atoms with Crippen LogP contribution in [0.1, 0.15) is 6.92 Å². The fraction of sp³-hybridized carbons (Fsp3) is 0.944. The molecule has 2 rings (SSSR count). The molecule has 0 aliphatic carbocycles. The van der Waals surface area contributed by atoms with Crippen molar-refractivity contribution in [3.8, 4) is 0 Å². The summed E-state index contributed by atoms with van der Waals surface area (Å²) in [6, 6.07) is 0. The molecule has 2 heterocycles. The number of carbonyl (C=O) groups is 1. The third-order valence-corrected chi connectivity index (χ3v) is 6.00. The molecule has 36 heavy (non-hydrogen) atoms. The molecule has 0 aromatic heterocycles. The van der Waals surface area contributed by atoms with Crippen LogP contribution in [0.5, 0.6) is 0 Å². The van der Waals surface area contributed by atoms with Gasteiger partial charge in [0.25, 0.3) is 0 Å². The first-order valence-electron chi connectivity index (χ1n) is 10.5. The summed E-state index contributed by atoms with van der Waals surface area (Å²) in [5, 5.41) is 142. The van der Waals surface area contributed by atoms with Gasteiger partial charge in [-0.05, 0) is 6.92 Å².